The molecule has 0 bridgehead atoms. The monoisotopic (exact) mass is 528 g/mol. The molecular weight excluding hydrogens is 504 g/mol. The van der Waals surface area contributed by atoms with Gasteiger partial charge in [0.05, 0.1) is 16.7 Å². The summed E-state index contributed by atoms with van der Waals surface area (Å²) >= 11 is 1.85. The lowest BCUT2D eigenvalue weighted by atomic mass is 9.93. The zero-order valence-corrected chi connectivity index (χ0v) is 22.5. The van der Waals surface area contributed by atoms with E-state index in [2.05, 4.69) is 150 Å². The molecule has 0 N–H and O–H groups in total. The molecule has 0 radical (unpaired) electrons. The molecule has 0 fully saturated rings. The lowest BCUT2D eigenvalue weighted by Crippen LogP contribution is -2.05. The standard InChI is InChI=1S/C37H24N2S/c1-4-12-25(13-5-1)28-22-29(26-14-6-2-7-15-26)24-30(23-28)31-18-10-20-33-36(31)40-34-21-11-19-32-35(34)39(33)37(38-32)27-16-8-3-9-17-27/h1-24H. The second kappa shape index (κ2) is 9.41. The van der Waals surface area contributed by atoms with Crippen LogP contribution in [0.3, 0.4) is 0 Å². The molecule has 7 aromatic rings. The van der Waals surface area contributed by atoms with Gasteiger partial charge in [0.1, 0.15) is 5.82 Å². The summed E-state index contributed by atoms with van der Waals surface area (Å²) in [5, 5.41) is 0. The molecule has 8 rings (SSSR count). The number of benzene rings is 6. The van der Waals surface area contributed by atoms with E-state index in [-0.39, 0.29) is 0 Å². The Hall–Kier alpha value is -4.86. The Balaban J connectivity index is 1.38. The highest BCUT2D eigenvalue weighted by Crippen LogP contribution is 2.49. The summed E-state index contributed by atoms with van der Waals surface area (Å²) in [4.78, 5) is 7.60. The molecule has 0 amide bonds. The number of para-hydroxylation sites is 1. The Kier molecular flexibility index (Phi) is 5.42. The largest absolute Gasteiger partial charge is 0.290 e. The minimum Gasteiger partial charge on any atom is -0.290 e. The van der Waals surface area contributed by atoms with Crippen molar-refractivity contribution in [3.05, 3.63) is 146 Å². The van der Waals surface area contributed by atoms with E-state index in [1.807, 2.05) is 11.8 Å². The van der Waals surface area contributed by atoms with E-state index in [4.69, 9.17) is 4.98 Å². The number of hydrogen-bond acceptors (Lipinski definition) is 2. The summed E-state index contributed by atoms with van der Waals surface area (Å²) in [5.74, 6) is 0.977. The van der Waals surface area contributed by atoms with E-state index in [9.17, 15) is 0 Å². The number of nitrogens with zero attached hydrogens (tertiary/aromatic N) is 2. The highest BCUT2D eigenvalue weighted by Gasteiger charge is 2.26. The van der Waals surface area contributed by atoms with Crippen molar-refractivity contribution >= 4 is 22.8 Å². The van der Waals surface area contributed by atoms with E-state index in [0.29, 0.717) is 0 Å². The number of rotatable bonds is 4. The lowest BCUT2D eigenvalue weighted by molar-refractivity contribution is 1.04. The Morgan fingerprint density at radius 1 is 0.475 bits per heavy atom. The Morgan fingerprint density at radius 3 is 1.70 bits per heavy atom. The number of hydrogen-bond donors (Lipinski definition) is 0. The molecule has 1 aliphatic rings. The van der Waals surface area contributed by atoms with E-state index in [1.54, 1.807) is 0 Å². The third-order valence-electron chi connectivity index (χ3n) is 7.58. The van der Waals surface area contributed by atoms with Crippen molar-refractivity contribution in [2.75, 3.05) is 0 Å². The predicted octanol–water partition coefficient (Wildman–Crippen LogP) is 10.2. The van der Waals surface area contributed by atoms with Gasteiger partial charge in [-0.15, -0.1) is 0 Å². The van der Waals surface area contributed by atoms with E-state index in [1.165, 1.54) is 54.4 Å². The highest BCUT2D eigenvalue weighted by atomic mass is 32.2. The van der Waals surface area contributed by atoms with Gasteiger partial charge in [-0.3, -0.25) is 4.57 Å². The molecule has 1 aromatic heterocycles. The SMILES string of the molecule is c1ccc(-c2cc(-c3ccccc3)cc(-c3cccc4c3Sc3cccc5nc(-c6ccccc6)n-4c35)c2)cc1. The molecule has 1 aliphatic heterocycles. The Labute approximate surface area is 237 Å². The fraction of sp³-hybridized carbons (Fsp3) is 0. The van der Waals surface area contributed by atoms with Gasteiger partial charge >= 0.3 is 0 Å². The molecule has 2 nitrogen and oxygen atoms in total. The van der Waals surface area contributed by atoms with E-state index >= 15 is 0 Å². The molecule has 6 aromatic carbocycles. The predicted molar refractivity (Wildman–Crippen MR) is 167 cm³/mol. The smallest absolute Gasteiger partial charge is 0.145 e. The van der Waals surface area contributed by atoms with Crippen LogP contribution >= 0.6 is 11.8 Å². The highest BCUT2D eigenvalue weighted by molar-refractivity contribution is 8.00. The van der Waals surface area contributed by atoms with Gasteiger partial charge in [-0.25, -0.2) is 4.98 Å². The normalized spacial score (nSPS) is 11.9. The summed E-state index contributed by atoms with van der Waals surface area (Å²) in [6, 6.07) is 51.9. The number of fused-ring (bicyclic) bond motifs is 2. The first-order valence-corrected chi connectivity index (χ1v) is 14.3. The van der Waals surface area contributed by atoms with E-state index in [0.717, 1.165) is 16.9 Å². The van der Waals surface area contributed by atoms with Crippen LogP contribution in [0.4, 0.5) is 0 Å². The van der Waals surface area contributed by atoms with Gasteiger partial charge in [-0.2, -0.15) is 0 Å². The maximum absolute atomic E-state index is 5.11. The number of imidazole rings is 1. The van der Waals surface area contributed by atoms with Crippen LogP contribution in [0.25, 0.3) is 61.5 Å². The van der Waals surface area contributed by atoms with Gasteiger partial charge in [0.2, 0.25) is 0 Å². The molecule has 3 heteroatoms. The first-order valence-electron chi connectivity index (χ1n) is 13.5. The summed E-state index contributed by atoms with van der Waals surface area (Å²) in [5.41, 5.74) is 11.8. The third kappa shape index (κ3) is 3.78. The summed E-state index contributed by atoms with van der Waals surface area (Å²) in [6.45, 7) is 0. The topological polar surface area (TPSA) is 17.8 Å². The van der Waals surface area contributed by atoms with Crippen LogP contribution in [0.1, 0.15) is 0 Å². The van der Waals surface area contributed by atoms with Gasteiger partial charge in [0, 0.05) is 15.4 Å². The van der Waals surface area contributed by atoms with E-state index < -0.39 is 0 Å². The quantitative estimate of drug-likeness (QED) is 0.226. The maximum Gasteiger partial charge on any atom is 0.145 e. The molecule has 0 saturated heterocycles. The summed E-state index contributed by atoms with van der Waals surface area (Å²) in [6.07, 6.45) is 0. The fourth-order valence-corrected chi connectivity index (χ4v) is 6.94. The van der Waals surface area contributed by atoms with Crippen LogP contribution in [0.5, 0.6) is 0 Å². The van der Waals surface area contributed by atoms with Gasteiger partial charge in [-0.05, 0) is 69.8 Å². The maximum atomic E-state index is 5.11. The van der Waals surface area contributed by atoms with Crippen LogP contribution in [-0.4, -0.2) is 9.55 Å². The average Bonchev–Trinajstić information content (AvgIpc) is 3.43. The molecule has 0 atom stereocenters. The van der Waals surface area contributed by atoms with Gasteiger partial charge in [0.25, 0.3) is 0 Å². The van der Waals surface area contributed by atoms with Crippen molar-refractivity contribution in [1.82, 2.24) is 9.55 Å². The molecular formula is C37H24N2S. The molecule has 40 heavy (non-hydrogen) atoms. The lowest BCUT2D eigenvalue weighted by Gasteiger charge is -2.23. The second-order valence-electron chi connectivity index (χ2n) is 10.0. The first-order chi connectivity index (χ1) is 19.8. The van der Waals surface area contributed by atoms with Crippen molar-refractivity contribution in [1.29, 1.82) is 0 Å². The van der Waals surface area contributed by atoms with Gasteiger partial charge in [-0.1, -0.05) is 121 Å². The summed E-state index contributed by atoms with van der Waals surface area (Å²) in [7, 11) is 0. The molecule has 2 heterocycles. The zero-order chi connectivity index (χ0) is 26.5. The van der Waals surface area contributed by atoms with Crippen LogP contribution in [0.15, 0.2) is 155 Å². The average molecular weight is 529 g/mol. The molecule has 0 saturated carbocycles. The van der Waals surface area contributed by atoms with Crippen LogP contribution < -0.4 is 0 Å². The molecule has 0 spiro atoms. The minimum atomic E-state index is 0.977. The summed E-state index contributed by atoms with van der Waals surface area (Å²) < 4.78 is 2.36. The van der Waals surface area contributed by atoms with Crippen molar-refractivity contribution in [3.63, 3.8) is 0 Å². The van der Waals surface area contributed by atoms with Gasteiger partial charge < -0.3 is 0 Å². The van der Waals surface area contributed by atoms with Crippen molar-refractivity contribution in [3.8, 4) is 50.5 Å². The molecule has 0 unspecified atom stereocenters. The molecule has 0 aliphatic carbocycles. The van der Waals surface area contributed by atoms with Gasteiger partial charge in [0.15, 0.2) is 0 Å². The van der Waals surface area contributed by atoms with Crippen LogP contribution in [0.2, 0.25) is 0 Å². The van der Waals surface area contributed by atoms with Crippen molar-refractivity contribution < 1.29 is 0 Å². The Morgan fingerprint density at radius 2 is 1.05 bits per heavy atom. The van der Waals surface area contributed by atoms with Crippen LogP contribution in [0, 0.1) is 0 Å². The molecule has 188 valence electrons. The Bertz CT molecular complexity index is 1950. The minimum absolute atomic E-state index is 0.977. The van der Waals surface area contributed by atoms with Crippen LogP contribution in [-0.2, 0) is 0 Å². The second-order valence-corrected chi connectivity index (χ2v) is 11.1. The van der Waals surface area contributed by atoms with Crippen molar-refractivity contribution in [2.45, 2.75) is 9.79 Å². The third-order valence-corrected chi connectivity index (χ3v) is 8.76. The fourth-order valence-electron chi connectivity index (χ4n) is 5.72. The first kappa shape index (κ1) is 23.1. The number of aromatic nitrogens is 2. The zero-order valence-electron chi connectivity index (χ0n) is 21.7. The van der Waals surface area contributed by atoms with Crippen molar-refractivity contribution in [2.24, 2.45) is 0 Å².